The van der Waals surface area contributed by atoms with E-state index < -0.39 is 0 Å². The van der Waals surface area contributed by atoms with Gasteiger partial charge in [-0.25, -0.2) is 0 Å². The molecule has 0 aliphatic heterocycles. The van der Waals surface area contributed by atoms with Gasteiger partial charge in [0, 0.05) is 6.61 Å². The van der Waals surface area contributed by atoms with Crippen LogP contribution in [0.15, 0.2) is 60.7 Å². The Labute approximate surface area is 120 Å². The Morgan fingerprint density at radius 2 is 1.35 bits per heavy atom. The molecule has 2 aromatic rings. The minimum absolute atomic E-state index is 0.0644. The maximum Gasteiger partial charge on any atom is 0.119 e. The third kappa shape index (κ3) is 7.56. The SMILES string of the molecule is OCCCc1ccccc1.OCCOc1ccccc1. The Bertz CT molecular complexity index is 385. The predicted octanol–water partition coefficient (Wildman–Crippen LogP) is 2.67. The molecule has 0 aliphatic rings. The molecule has 0 atom stereocenters. The second kappa shape index (κ2) is 11.0. The van der Waals surface area contributed by atoms with Crippen molar-refractivity contribution in [1.82, 2.24) is 0 Å². The van der Waals surface area contributed by atoms with Crippen LogP contribution in [-0.4, -0.2) is 30.0 Å². The second-order valence-corrected chi connectivity index (χ2v) is 4.20. The third-order valence-corrected chi connectivity index (χ3v) is 2.57. The molecule has 0 amide bonds. The van der Waals surface area contributed by atoms with E-state index in [-0.39, 0.29) is 13.2 Å². The van der Waals surface area contributed by atoms with Crippen LogP contribution in [0.4, 0.5) is 0 Å². The molecule has 108 valence electrons. The van der Waals surface area contributed by atoms with Crippen LogP contribution in [0, 0.1) is 0 Å². The van der Waals surface area contributed by atoms with Gasteiger partial charge in [-0.05, 0) is 30.5 Å². The Morgan fingerprint density at radius 1 is 0.750 bits per heavy atom. The summed E-state index contributed by atoms with van der Waals surface area (Å²) < 4.78 is 5.11. The molecule has 0 bridgehead atoms. The smallest absolute Gasteiger partial charge is 0.119 e. The van der Waals surface area contributed by atoms with Gasteiger partial charge in [-0.2, -0.15) is 0 Å². The number of aryl methyl sites for hydroxylation is 1. The second-order valence-electron chi connectivity index (χ2n) is 4.20. The molecule has 0 unspecified atom stereocenters. The summed E-state index contributed by atoms with van der Waals surface area (Å²) in [5.74, 6) is 0.802. The van der Waals surface area contributed by atoms with Crippen molar-refractivity contribution in [3.8, 4) is 5.75 Å². The van der Waals surface area contributed by atoms with Gasteiger partial charge in [-0.3, -0.25) is 0 Å². The lowest BCUT2D eigenvalue weighted by Gasteiger charge is -2.01. The normalized spacial score (nSPS) is 9.50. The summed E-state index contributed by atoms with van der Waals surface area (Å²) in [6.45, 7) is 0.716. The lowest BCUT2D eigenvalue weighted by Crippen LogP contribution is -2.00. The topological polar surface area (TPSA) is 49.7 Å². The minimum atomic E-state index is 0.0644. The number of hydrogen-bond donors (Lipinski definition) is 2. The lowest BCUT2D eigenvalue weighted by molar-refractivity contribution is 0.201. The van der Waals surface area contributed by atoms with Crippen LogP contribution in [0.3, 0.4) is 0 Å². The molecule has 2 N–H and O–H groups in total. The highest BCUT2D eigenvalue weighted by molar-refractivity contribution is 5.20. The van der Waals surface area contributed by atoms with E-state index in [4.69, 9.17) is 14.9 Å². The molecule has 3 nitrogen and oxygen atoms in total. The van der Waals surface area contributed by atoms with Crippen LogP contribution >= 0.6 is 0 Å². The molecule has 2 aromatic carbocycles. The van der Waals surface area contributed by atoms with Crippen molar-refractivity contribution < 1.29 is 14.9 Å². The molecule has 0 aromatic heterocycles. The van der Waals surface area contributed by atoms with Crippen LogP contribution in [0.1, 0.15) is 12.0 Å². The maximum absolute atomic E-state index is 8.53. The standard InChI is InChI=1S/C9H12O.C8H10O2/c10-8-4-7-9-5-2-1-3-6-9;9-6-7-10-8-4-2-1-3-5-8/h1-3,5-6,10H,4,7-8H2;1-5,9H,6-7H2. The molecule has 0 heterocycles. The van der Waals surface area contributed by atoms with Crippen LogP contribution in [0.25, 0.3) is 0 Å². The third-order valence-electron chi connectivity index (χ3n) is 2.57. The highest BCUT2D eigenvalue weighted by atomic mass is 16.5. The van der Waals surface area contributed by atoms with Gasteiger partial charge in [-0.1, -0.05) is 48.5 Å². The van der Waals surface area contributed by atoms with E-state index in [1.807, 2.05) is 48.5 Å². The van der Waals surface area contributed by atoms with E-state index in [9.17, 15) is 0 Å². The number of rotatable bonds is 6. The van der Waals surface area contributed by atoms with Crippen molar-refractivity contribution in [3.63, 3.8) is 0 Å². The zero-order valence-electron chi connectivity index (χ0n) is 11.6. The number of para-hydroxylation sites is 1. The number of aliphatic hydroxyl groups is 2. The first-order chi connectivity index (χ1) is 9.86. The van der Waals surface area contributed by atoms with Crippen LogP contribution < -0.4 is 4.74 Å². The van der Waals surface area contributed by atoms with Crippen molar-refractivity contribution in [3.05, 3.63) is 66.2 Å². The summed E-state index contributed by atoms with van der Waals surface area (Å²) in [5.41, 5.74) is 1.30. The molecule has 0 saturated heterocycles. The average molecular weight is 274 g/mol. The van der Waals surface area contributed by atoms with Gasteiger partial charge in [0.25, 0.3) is 0 Å². The molecular weight excluding hydrogens is 252 g/mol. The summed E-state index contributed by atoms with van der Waals surface area (Å²) in [5, 5.41) is 16.9. The van der Waals surface area contributed by atoms with Crippen LogP contribution in [0.2, 0.25) is 0 Å². The number of hydrogen-bond acceptors (Lipinski definition) is 3. The number of ether oxygens (including phenoxy) is 1. The quantitative estimate of drug-likeness (QED) is 0.851. The van der Waals surface area contributed by atoms with E-state index in [0.717, 1.165) is 18.6 Å². The minimum Gasteiger partial charge on any atom is -0.491 e. The predicted molar refractivity (Wildman–Crippen MR) is 80.9 cm³/mol. The summed E-state index contributed by atoms with van der Waals surface area (Å²) in [6.07, 6.45) is 1.85. The van der Waals surface area contributed by atoms with E-state index in [0.29, 0.717) is 6.61 Å². The Morgan fingerprint density at radius 3 is 1.90 bits per heavy atom. The first-order valence-electron chi connectivity index (χ1n) is 6.80. The zero-order chi connectivity index (χ0) is 14.5. The zero-order valence-corrected chi connectivity index (χ0v) is 11.6. The van der Waals surface area contributed by atoms with Crippen molar-refractivity contribution in [1.29, 1.82) is 0 Å². The highest BCUT2D eigenvalue weighted by Gasteiger charge is 1.88. The molecule has 0 saturated carbocycles. The fourth-order valence-corrected chi connectivity index (χ4v) is 1.61. The Hall–Kier alpha value is -1.84. The van der Waals surface area contributed by atoms with Gasteiger partial charge in [0.15, 0.2) is 0 Å². The summed E-state index contributed by atoms with van der Waals surface area (Å²) >= 11 is 0. The molecule has 0 fully saturated rings. The van der Waals surface area contributed by atoms with E-state index in [1.54, 1.807) is 0 Å². The van der Waals surface area contributed by atoms with Crippen molar-refractivity contribution in [2.75, 3.05) is 19.8 Å². The maximum atomic E-state index is 8.53. The average Bonchev–Trinajstić information content (AvgIpc) is 2.53. The molecule has 0 radical (unpaired) electrons. The fourth-order valence-electron chi connectivity index (χ4n) is 1.61. The number of benzene rings is 2. The summed E-state index contributed by atoms with van der Waals surface area (Å²) in [6, 6.07) is 19.6. The van der Waals surface area contributed by atoms with Gasteiger partial charge in [-0.15, -0.1) is 0 Å². The summed E-state index contributed by atoms with van der Waals surface area (Å²) in [7, 11) is 0. The molecule has 2 rings (SSSR count). The van der Waals surface area contributed by atoms with E-state index in [2.05, 4.69) is 12.1 Å². The van der Waals surface area contributed by atoms with Crippen LogP contribution in [-0.2, 0) is 6.42 Å². The van der Waals surface area contributed by atoms with E-state index in [1.165, 1.54) is 5.56 Å². The number of aliphatic hydroxyl groups excluding tert-OH is 2. The molecule has 0 aliphatic carbocycles. The molecule has 20 heavy (non-hydrogen) atoms. The van der Waals surface area contributed by atoms with Gasteiger partial charge < -0.3 is 14.9 Å². The van der Waals surface area contributed by atoms with E-state index >= 15 is 0 Å². The fraction of sp³-hybridized carbons (Fsp3) is 0.294. The lowest BCUT2D eigenvalue weighted by atomic mass is 10.1. The van der Waals surface area contributed by atoms with Gasteiger partial charge in [0.2, 0.25) is 0 Å². The Balaban J connectivity index is 0.000000200. The Kier molecular flexibility index (Phi) is 8.94. The monoisotopic (exact) mass is 274 g/mol. The van der Waals surface area contributed by atoms with Gasteiger partial charge in [0.1, 0.15) is 12.4 Å². The van der Waals surface area contributed by atoms with Gasteiger partial charge >= 0.3 is 0 Å². The first kappa shape index (κ1) is 16.2. The van der Waals surface area contributed by atoms with Crippen molar-refractivity contribution in [2.45, 2.75) is 12.8 Å². The van der Waals surface area contributed by atoms with Crippen molar-refractivity contribution in [2.24, 2.45) is 0 Å². The molecule has 0 spiro atoms. The largest absolute Gasteiger partial charge is 0.491 e. The summed E-state index contributed by atoms with van der Waals surface area (Å²) in [4.78, 5) is 0. The highest BCUT2D eigenvalue weighted by Crippen LogP contribution is 2.07. The van der Waals surface area contributed by atoms with Crippen LogP contribution in [0.5, 0.6) is 5.75 Å². The molecule has 3 heteroatoms. The molecular formula is C17H22O3. The van der Waals surface area contributed by atoms with Gasteiger partial charge in [0.05, 0.1) is 6.61 Å². The van der Waals surface area contributed by atoms with Crippen molar-refractivity contribution >= 4 is 0 Å². The first-order valence-corrected chi connectivity index (χ1v) is 6.80.